The van der Waals surface area contributed by atoms with Crippen LogP contribution in [0.2, 0.25) is 0 Å². The molecule has 4 rings (SSSR count). The molecule has 1 aromatic carbocycles. The lowest BCUT2D eigenvalue weighted by Gasteiger charge is -2.36. The lowest BCUT2D eigenvalue weighted by Crippen LogP contribution is -2.46. The average Bonchev–Trinajstić information content (AvgIpc) is 3.09. The van der Waals surface area contributed by atoms with Gasteiger partial charge in [-0.25, -0.2) is 9.37 Å². The molecule has 2 aliphatic rings. The van der Waals surface area contributed by atoms with Gasteiger partial charge < -0.3 is 9.80 Å². The fourth-order valence-corrected chi connectivity index (χ4v) is 3.42. The number of hydrogen-bond acceptors (Lipinski definition) is 3. The maximum Gasteiger partial charge on any atom is 0.128 e. The molecule has 2 atom stereocenters. The molecule has 0 radical (unpaired) electrons. The van der Waals surface area contributed by atoms with Crippen LogP contribution in [0.4, 0.5) is 15.9 Å². The molecule has 3 heterocycles. The highest BCUT2D eigenvalue weighted by Crippen LogP contribution is 2.36. The first kappa shape index (κ1) is 11.7. The Hall–Kier alpha value is -2.10. The molecule has 2 bridgehead atoms. The number of halogens is 1. The normalized spacial score (nSPS) is 24.4. The molecule has 0 amide bonds. The second kappa shape index (κ2) is 4.47. The van der Waals surface area contributed by atoms with Crippen molar-refractivity contribution in [3.05, 3.63) is 54.5 Å². The second-order valence-electron chi connectivity index (χ2n) is 5.51. The monoisotopic (exact) mass is 269 g/mol. The molecule has 2 aromatic rings. The van der Waals surface area contributed by atoms with Crippen LogP contribution < -0.4 is 9.80 Å². The molecule has 0 N–H and O–H groups in total. The smallest absolute Gasteiger partial charge is 0.128 e. The van der Waals surface area contributed by atoms with E-state index >= 15 is 0 Å². The van der Waals surface area contributed by atoms with E-state index in [-0.39, 0.29) is 5.82 Å². The van der Waals surface area contributed by atoms with E-state index in [2.05, 4.69) is 20.9 Å². The van der Waals surface area contributed by atoms with Gasteiger partial charge in [0.25, 0.3) is 0 Å². The zero-order chi connectivity index (χ0) is 13.5. The molecule has 1 aromatic heterocycles. The van der Waals surface area contributed by atoms with Crippen molar-refractivity contribution >= 4 is 11.5 Å². The summed E-state index contributed by atoms with van der Waals surface area (Å²) in [7, 11) is 0. The van der Waals surface area contributed by atoms with Crippen LogP contribution in [-0.2, 0) is 0 Å². The minimum absolute atomic E-state index is 0.173. The van der Waals surface area contributed by atoms with Gasteiger partial charge in [0.15, 0.2) is 0 Å². The fourth-order valence-electron chi connectivity index (χ4n) is 3.42. The number of piperazine rings is 1. The van der Waals surface area contributed by atoms with E-state index < -0.39 is 0 Å². The van der Waals surface area contributed by atoms with Gasteiger partial charge in [-0.2, -0.15) is 0 Å². The standard InChI is InChI=1S/C16H16FN3/c17-12-4-6-13(7-5-12)19-10-15-9-14(19)11-20(15)16-3-1-2-8-18-16/h1-8,14-15H,9-11H2/t14-,15-/m0/s1. The van der Waals surface area contributed by atoms with Gasteiger partial charge in [0.2, 0.25) is 0 Å². The minimum Gasteiger partial charge on any atom is -0.365 e. The van der Waals surface area contributed by atoms with E-state index in [0.717, 1.165) is 31.0 Å². The first-order valence-electron chi connectivity index (χ1n) is 7.01. The maximum absolute atomic E-state index is 13.0. The predicted molar refractivity (Wildman–Crippen MR) is 77.5 cm³/mol. The molecule has 3 nitrogen and oxygen atoms in total. The van der Waals surface area contributed by atoms with E-state index in [0.29, 0.717) is 12.1 Å². The lowest BCUT2D eigenvalue weighted by atomic mass is 10.2. The van der Waals surface area contributed by atoms with E-state index in [9.17, 15) is 4.39 Å². The van der Waals surface area contributed by atoms with Crippen molar-refractivity contribution in [3.8, 4) is 0 Å². The number of rotatable bonds is 2. The molecule has 2 aliphatic heterocycles. The van der Waals surface area contributed by atoms with Crippen molar-refractivity contribution < 1.29 is 4.39 Å². The molecule has 0 aliphatic carbocycles. The summed E-state index contributed by atoms with van der Waals surface area (Å²) < 4.78 is 13.0. The summed E-state index contributed by atoms with van der Waals surface area (Å²) in [6.07, 6.45) is 3.01. The summed E-state index contributed by atoms with van der Waals surface area (Å²) >= 11 is 0. The molecule has 2 fully saturated rings. The molecule has 0 unspecified atom stereocenters. The first-order chi connectivity index (χ1) is 9.81. The van der Waals surface area contributed by atoms with Gasteiger partial charge in [-0.05, 0) is 42.8 Å². The second-order valence-corrected chi connectivity index (χ2v) is 5.51. The molecule has 0 saturated carbocycles. The van der Waals surface area contributed by atoms with Crippen molar-refractivity contribution in [1.29, 1.82) is 0 Å². The number of benzene rings is 1. The van der Waals surface area contributed by atoms with Crippen LogP contribution in [0, 0.1) is 5.82 Å². The van der Waals surface area contributed by atoms with Gasteiger partial charge in [0, 0.05) is 31.0 Å². The Bertz CT molecular complexity index is 599. The van der Waals surface area contributed by atoms with Crippen LogP contribution in [-0.4, -0.2) is 30.2 Å². The Balaban J connectivity index is 1.54. The van der Waals surface area contributed by atoms with Crippen LogP contribution in [0.25, 0.3) is 0 Å². The molecule has 20 heavy (non-hydrogen) atoms. The number of pyridine rings is 1. The average molecular weight is 269 g/mol. The quantitative estimate of drug-likeness (QED) is 0.835. The van der Waals surface area contributed by atoms with Crippen molar-refractivity contribution in [1.82, 2.24) is 4.98 Å². The van der Waals surface area contributed by atoms with Crippen LogP contribution in [0.1, 0.15) is 6.42 Å². The highest BCUT2D eigenvalue weighted by atomic mass is 19.1. The van der Waals surface area contributed by atoms with E-state index in [1.165, 1.54) is 12.1 Å². The zero-order valence-electron chi connectivity index (χ0n) is 11.1. The minimum atomic E-state index is -0.173. The third-order valence-corrected chi connectivity index (χ3v) is 4.34. The van der Waals surface area contributed by atoms with Gasteiger partial charge in [-0.3, -0.25) is 0 Å². The van der Waals surface area contributed by atoms with Crippen LogP contribution in [0.15, 0.2) is 48.7 Å². The molecular formula is C16H16FN3. The summed E-state index contributed by atoms with van der Waals surface area (Å²) in [5.41, 5.74) is 1.12. The van der Waals surface area contributed by atoms with Crippen LogP contribution in [0.3, 0.4) is 0 Å². The summed E-state index contributed by atoms with van der Waals surface area (Å²) in [5, 5.41) is 0. The van der Waals surface area contributed by atoms with Crippen molar-refractivity contribution in [2.75, 3.05) is 22.9 Å². The number of anilines is 2. The third-order valence-electron chi connectivity index (χ3n) is 4.34. The largest absolute Gasteiger partial charge is 0.365 e. The SMILES string of the molecule is Fc1ccc(N2C[C@@H]3C[C@H]2CN3c2ccccn2)cc1. The van der Waals surface area contributed by atoms with Gasteiger partial charge in [-0.1, -0.05) is 6.07 Å². The molecular weight excluding hydrogens is 253 g/mol. The fraction of sp³-hybridized carbons (Fsp3) is 0.312. The van der Waals surface area contributed by atoms with Gasteiger partial charge in [0.1, 0.15) is 11.6 Å². The number of nitrogens with zero attached hydrogens (tertiary/aromatic N) is 3. The Morgan fingerprint density at radius 2 is 1.70 bits per heavy atom. The Kier molecular flexibility index (Phi) is 2.62. The molecule has 0 spiro atoms. The zero-order valence-corrected chi connectivity index (χ0v) is 11.1. The predicted octanol–water partition coefficient (Wildman–Crippen LogP) is 2.69. The lowest BCUT2D eigenvalue weighted by molar-refractivity contribution is 0.623. The van der Waals surface area contributed by atoms with Gasteiger partial charge >= 0.3 is 0 Å². The third kappa shape index (κ3) is 1.83. The summed E-state index contributed by atoms with van der Waals surface area (Å²) in [6.45, 7) is 1.99. The summed E-state index contributed by atoms with van der Waals surface area (Å²) in [4.78, 5) is 9.23. The highest BCUT2D eigenvalue weighted by Gasteiger charge is 2.43. The maximum atomic E-state index is 13.0. The summed E-state index contributed by atoms with van der Waals surface area (Å²) in [6, 6.07) is 13.9. The molecule has 4 heteroatoms. The van der Waals surface area contributed by atoms with Crippen molar-refractivity contribution in [2.24, 2.45) is 0 Å². The van der Waals surface area contributed by atoms with Crippen molar-refractivity contribution in [2.45, 2.75) is 18.5 Å². The Labute approximate surface area is 117 Å². The number of aromatic nitrogens is 1. The van der Waals surface area contributed by atoms with Gasteiger partial charge in [0.05, 0.1) is 6.04 Å². The summed E-state index contributed by atoms with van der Waals surface area (Å²) in [5.74, 6) is 0.895. The highest BCUT2D eigenvalue weighted by molar-refractivity contribution is 5.54. The van der Waals surface area contributed by atoms with E-state index in [4.69, 9.17) is 0 Å². The van der Waals surface area contributed by atoms with E-state index in [1.807, 2.05) is 30.5 Å². The molecule has 102 valence electrons. The van der Waals surface area contributed by atoms with Crippen LogP contribution >= 0.6 is 0 Å². The molecule has 2 saturated heterocycles. The van der Waals surface area contributed by atoms with E-state index in [1.54, 1.807) is 0 Å². The number of fused-ring (bicyclic) bond motifs is 2. The van der Waals surface area contributed by atoms with Crippen molar-refractivity contribution in [3.63, 3.8) is 0 Å². The first-order valence-corrected chi connectivity index (χ1v) is 7.01. The van der Waals surface area contributed by atoms with Gasteiger partial charge in [-0.15, -0.1) is 0 Å². The Morgan fingerprint density at radius 1 is 0.950 bits per heavy atom. The Morgan fingerprint density at radius 3 is 2.35 bits per heavy atom. The topological polar surface area (TPSA) is 19.4 Å². The van der Waals surface area contributed by atoms with Crippen LogP contribution in [0.5, 0.6) is 0 Å². The number of hydrogen-bond donors (Lipinski definition) is 0.